The fourth-order valence-corrected chi connectivity index (χ4v) is 0.863. The molecule has 3 heteroatoms. The summed E-state index contributed by atoms with van der Waals surface area (Å²) in [6.07, 6.45) is 3.74. The Morgan fingerprint density at radius 1 is 1.58 bits per heavy atom. The van der Waals surface area contributed by atoms with Gasteiger partial charge in [0.25, 0.3) is 0 Å². The molecular formula is C9H12N2O. The first-order chi connectivity index (χ1) is 5.70. The third-order valence-corrected chi connectivity index (χ3v) is 1.64. The van der Waals surface area contributed by atoms with E-state index in [0.29, 0.717) is 6.42 Å². The maximum atomic E-state index is 11.2. The molecule has 1 aromatic rings. The Balaban J connectivity index is 2.59. The van der Waals surface area contributed by atoms with E-state index in [9.17, 15) is 4.79 Å². The van der Waals surface area contributed by atoms with Gasteiger partial charge < -0.3 is 5.73 Å². The lowest BCUT2D eigenvalue weighted by Gasteiger charge is -2.02. The Kier molecular flexibility index (Phi) is 2.94. The Labute approximate surface area is 71.6 Å². The Hall–Kier alpha value is -1.22. The zero-order chi connectivity index (χ0) is 8.97. The molecule has 1 unspecified atom stereocenters. The van der Waals surface area contributed by atoms with Gasteiger partial charge in [0.2, 0.25) is 0 Å². The summed E-state index contributed by atoms with van der Waals surface area (Å²) in [5.74, 6) is 0.0567. The van der Waals surface area contributed by atoms with Crippen molar-refractivity contribution >= 4 is 5.78 Å². The molecule has 0 saturated carbocycles. The normalized spacial score (nSPS) is 12.5. The highest BCUT2D eigenvalue weighted by atomic mass is 16.1. The monoisotopic (exact) mass is 164 g/mol. The smallest absolute Gasteiger partial charge is 0.153 e. The highest BCUT2D eigenvalue weighted by Crippen LogP contribution is 1.99. The van der Waals surface area contributed by atoms with Gasteiger partial charge in [0.1, 0.15) is 0 Å². The minimum Gasteiger partial charge on any atom is -0.322 e. The quantitative estimate of drug-likeness (QED) is 0.709. The third-order valence-electron chi connectivity index (χ3n) is 1.64. The molecule has 0 spiro atoms. The summed E-state index contributed by atoms with van der Waals surface area (Å²) in [4.78, 5) is 15.0. The third kappa shape index (κ3) is 2.43. The molecule has 0 aliphatic carbocycles. The average molecular weight is 164 g/mol. The van der Waals surface area contributed by atoms with Crippen molar-refractivity contribution in [2.45, 2.75) is 19.4 Å². The number of aromatic nitrogens is 1. The largest absolute Gasteiger partial charge is 0.322 e. The SMILES string of the molecule is CC(N)C(=O)Cc1ccncc1. The van der Waals surface area contributed by atoms with Crippen molar-refractivity contribution in [3.8, 4) is 0 Å². The van der Waals surface area contributed by atoms with Crippen molar-refractivity contribution in [1.82, 2.24) is 4.98 Å². The number of Topliss-reactive ketones (excluding diaryl/α,β-unsaturated/α-hetero) is 1. The molecule has 64 valence electrons. The molecule has 0 aromatic carbocycles. The predicted octanol–water partition coefficient (Wildman–Crippen LogP) is 0.540. The second-order valence-electron chi connectivity index (χ2n) is 2.79. The summed E-state index contributed by atoms with van der Waals surface area (Å²) in [5.41, 5.74) is 6.38. The van der Waals surface area contributed by atoms with Gasteiger partial charge in [-0.2, -0.15) is 0 Å². The molecule has 0 radical (unpaired) electrons. The summed E-state index contributed by atoms with van der Waals surface area (Å²) < 4.78 is 0. The fraction of sp³-hybridized carbons (Fsp3) is 0.333. The molecule has 1 aromatic heterocycles. The van der Waals surface area contributed by atoms with Crippen LogP contribution in [0.15, 0.2) is 24.5 Å². The van der Waals surface area contributed by atoms with Crippen LogP contribution < -0.4 is 5.73 Å². The van der Waals surface area contributed by atoms with Gasteiger partial charge >= 0.3 is 0 Å². The molecular weight excluding hydrogens is 152 g/mol. The van der Waals surface area contributed by atoms with E-state index >= 15 is 0 Å². The summed E-state index contributed by atoms with van der Waals surface area (Å²) in [7, 11) is 0. The van der Waals surface area contributed by atoms with Gasteiger partial charge in [0.05, 0.1) is 6.04 Å². The number of ketones is 1. The molecule has 2 N–H and O–H groups in total. The molecule has 3 nitrogen and oxygen atoms in total. The zero-order valence-electron chi connectivity index (χ0n) is 7.03. The van der Waals surface area contributed by atoms with E-state index in [1.165, 1.54) is 0 Å². The second-order valence-corrected chi connectivity index (χ2v) is 2.79. The molecule has 12 heavy (non-hydrogen) atoms. The molecule has 0 aliphatic rings. The number of pyridine rings is 1. The lowest BCUT2D eigenvalue weighted by molar-refractivity contribution is -0.119. The van der Waals surface area contributed by atoms with Gasteiger partial charge in [0.15, 0.2) is 5.78 Å². The standard InChI is InChI=1S/C9H12N2O/c1-7(10)9(12)6-8-2-4-11-5-3-8/h2-5,7H,6,10H2,1H3. The van der Waals surface area contributed by atoms with Crippen LogP contribution in [0.4, 0.5) is 0 Å². The molecule has 1 heterocycles. The number of nitrogens with zero attached hydrogens (tertiary/aromatic N) is 1. The van der Waals surface area contributed by atoms with E-state index < -0.39 is 0 Å². The van der Waals surface area contributed by atoms with Crippen LogP contribution in [-0.4, -0.2) is 16.8 Å². The number of carbonyl (C=O) groups is 1. The molecule has 0 saturated heterocycles. The van der Waals surface area contributed by atoms with Crippen LogP contribution in [0, 0.1) is 0 Å². The summed E-state index contributed by atoms with van der Waals surface area (Å²) >= 11 is 0. The Bertz CT molecular complexity index is 256. The van der Waals surface area contributed by atoms with Crippen LogP contribution in [0.1, 0.15) is 12.5 Å². The molecule has 0 bridgehead atoms. The van der Waals surface area contributed by atoms with E-state index in [1.54, 1.807) is 19.3 Å². The highest BCUT2D eigenvalue weighted by Gasteiger charge is 2.07. The lowest BCUT2D eigenvalue weighted by Crippen LogP contribution is -2.28. The predicted molar refractivity (Wildman–Crippen MR) is 46.6 cm³/mol. The van der Waals surface area contributed by atoms with Crippen molar-refractivity contribution < 1.29 is 4.79 Å². The van der Waals surface area contributed by atoms with E-state index in [0.717, 1.165) is 5.56 Å². The van der Waals surface area contributed by atoms with Crippen LogP contribution in [0.25, 0.3) is 0 Å². The van der Waals surface area contributed by atoms with Crippen molar-refractivity contribution in [2.24, 2.45) is 5.73 Å². The van der Waals surface area contributed by atoms with Gasteiger partial charge in [-0.15, -0.1) is 0 Å². The van der Waals surface area contributed by atoms with Gasteiger partial charge in [-0.05, 0) is 24.6 Å². The van der Waals surface area contributed by atoms with E-state index in [4.69, 9.17) is 5.73 Å². The van der Waals surface area contributed by atoms with Gasteiger partial charge in [-0.1, -0.05) is 0 Å². The van der Waals surface area contributed by atoms with Crippen molar-refractivity contribution in [3.05, 3.63) is 30.1 Å². The minimum atomic E-state index is -0.377. The first-order valence-electron chi connectivity index (χ1n) is 3.87. The minimum absolute atomic E-state index is 0.0567. The van der Waals surface area contributed by atoms with Gasteiger partial charge in [-0.3, -0.25) is 9.78 Å². The van der Waals surface area contributed by atoms with Gasteiger partial charge in [-0.25, -0.2) is 0 Å². The molecule has 0 aliphatic heterocycles. The number of carbonyl (C=O) groups excluding carboxylic acids is 1. The van der Waals surface area contributed by atoms with E-state index in [1.807, 2.05) is 12.1 Å². The highest BCUT2D eigenvalue weighted by molar-refractivity contribution is 5.85. The fourth-order valence-electron chi connectivity index (χ4n) is 0.863. The van der Waals surface area contributed by atoms with Gasteiger partial charge in [0, 0.05) is 18.8 Å². The number of nitrogens with two attached hydrogens (primary N) is 1. The van der Waals surface area contributed by atoms with Crippen LogP contribution in [0.2, 0.25) is 0 Å². The van der Waals surface area contributed by atoms with E-state index in [-0.39, 0.29) is 11.8 Å². The van der Waals surface area contributed by atoms with Crippen LogP contribution in [-0.2, 0) is 11.2 Å². The number of hydrogen-bond acceptors (Lipinski definition) is 3. The summed E-state index contributed by atoms with van der Waals surface area (Å²) in [6, 6.07) is 3.26. The average Bonchev–Trinajstić information content (AvgIpc) is 2.06. The molecule has 1 atom stereocenters. The maximum Gasteiger partial charge on any atom is 0.153 e. The Morgan fingerprint density at radius 2 is 2.17 bits per heavy atom. The molecule has 1 rings (SSSR count). The van der Waals surface area contributed by atoms with Crippen molar-refractivity contribution in [3.63, 3.8) is 0 Å². The number of rotatable bonds is 3. The topological polar surface area (TPSA) is 56.0 Å². The molecule has 0 amide bonds. The van der Waals surface area contributed by atoms with Crippen LogP contribution >= 0.6 is 0 Å². The zero-order valence-corrected chi connectivity index (χ0v) is 7.03. The summed E-state index contributed by atoms with van der Waals surface area (Å²) in [6.45, 7) is 1.70. The van der Waals surface area contributed by atoms with E-state index in [2.05, 4.69) is 4.98 Å². The Morgan fingerprint density at radius 3 is 2.67 bits per heavy atom. The van der Waals surface area contributed by atoms with Crippen LogP contribution in [0.3, 0.4) is 0 Å². The lowest BCUT2D eigenvalue weighted by atomic mass is 10.1. The molecule has 0 fully saturated rings. The maximum absolute atomic E-state index is 11.2. The first-order valence-corrected chi connectivity index (χ1v) is 3.87. The summed E-state index contributed by atoms with van der Waals surface area (Å²) in [5, 5.41) is 0. The second kappa shape index (κ2) is 3.97. The van der Waals surface area contributed by atoms with Crippen LogP contribution in [0.5, 0.6) is 0 Å². The van der Waals surface area contributed by atoms with Crippen molar-refractivity contribution in [1.29, 1.82) is 0 Å². The van der Waals surface area contributed by atoms with Crippen molar-refractivity contribution in [2.75, 3.05) is 0 Å². The first kappa shape index (κ1) is 8.87. The number of hydrogen-bond donors (Lipinski definition) is 1.